The van der Waals surface area contributed by atoms with Gasteiger partial charge >= 0.3 is 0 Å². The summed E-state index contributed by atoms with van der Waals surface area (Å²) in [6.45, 7) is 2.16. The van der Waals surface area contributed by atoms with Crippen LogP contribution in [-0.4, -0.2) is 31.3 Å². The first-order valence-corrected chi connectivity index (χ1v) is 7.36. The number of halogens is 1. The van der Waals surface area contributed by atoms with Crippen molar-refractivity contribution in [3.63, 3.8) is 0 Å². The molecule has 0 spiro atoms. The van der Waals surface area contributed by atoms with Crippen LogP contribution in [-0.2, 0) is 6.54 Å². The highest BCUT2D eigenvalue weighted by Gasteiger charge is 2.22. The van der Waals surface area contributed by atoms with Crippen molar-refractivity contribution in [1.29, 1.82) is 0 Å². The highest BCUT2D eigenvalue weighted by atomic mass is 79.9. The molecule has 100 valence electrons. The number of anilines is 1. The van der Waals surface area contributed by atoms with Crippen molar-refractivity contribution in [2.45, 2.75) is 31.8 Å². The second kappa shape index (κ2) is 6.55. The smallest absolute Gasteiger partial charge is 0.0635 e. The highest BCUT2D eigenvalue weighted by molar-refractivity contribution is 9.10. The van der Waals surface area contributed by atoms with Gasteiger partial charge in [0.1, 0.15) is 0 Å². The number of benzene rings is 1. The lowest BCUT2D eigenvalue weighted by atomic mass is 10.0. The van der Waals surface area contributed by atoms with E-state index >= 15 is 0 Å². The number of rotatable bonds is 4. The molecule has 0 bridgehead atoms. The van der Waals surface area contributed by atoms with Gasteiger partial charge in [0.05, 0.1) is 12.6 Å². The molecule has 1 unspecified atom stereocenters. The Morgan fingerprint density at radius 3 is 2.94 bits per heavy atom. The lowest BCUT2D eigenvalue weighted by Gasteiger charge is -2.36. The molecular formula is C14H21BrN2O. The number of hydrogen-bond donors (Lipinski definition) is 2. The van der Waals surface area contributed by atoms with E-state index in [4.69, 9.17) is 0 Å². The fourth-order valence-corrected chi connectivity index (χ4v) is 3.09. The number of nitrogens with zero attached hydrogens (tertiary/aromatic N) is 1. The van der Waals surface area contributed by atoms with E-state index < -0.39 is 0 Å². The summed E-state index contributed by atoms with van der Waals surface area (Å²) in [5, 5.41) is 12.6. The standard InChI is InChI=1S/C14H21BrN2O/c1-16-9-11-5-6-12(8-14(11)15)17-7-3-2-4-13(17)10-18/h5-6,8,13,16,18H,2-4,7,9-10H2,1H3. The molecule has 0 amide bonds. The van der Waals surface area contributed by atoms with Crippen molar-refractivity contribution < 1.29 is 5.11 Å². The summed E-state index contributed by atoms with van der Waals surface area (Å²) in [6.07, 6.45) is 3.53. The van der Waals surface area contributed by atoms with Gasteiger partial charge in [-0.05, 0) is 44.0 Å². The van der Waals surface area contributed by atoms with Gasteiger partial charge in [-0.15, -0.1) is 0 Å². The molecule has 1 atom stereocenters. The van der Waals surface area contributed by atoms with E-state index in [-0.39, 0.29) is 12.6 Å². The van der Waals surface area contributed by atoms with E-state index in [1.54, 1.807) is 0 Å². The third-order valence-electron chi connectivity index (χ3n) is 3.57. The average molecular weight is 313 g/mol. The average Bonchev–Trinajstić information content (AvgIpc) is 2.41. The van der Waals surface area contributed by atoms with E-state index in [2.05, 4.69) is 44.3 Å². The van der Waals surface area contributed by atoms with Gasteiger partial charge in [-0.3, -0.25) is 0 Å². The first kappa shape index (κ1) is 13.8. The van der Waals surface area contributed by atoms with Crippen molar-refractivity contribution in [1.82, 2.24) is 5.32 Å². The summed E-state index contributed by atoms with van der Waals surface area (Å²) in [5.74, 6) is 0. The number of nitrogens with one attached hydrogen (secondary N) is 1. The minimum atomic E-state index is 0.246. The van der Waals surface area contributed by atoms with Crippen molar-refractivity contribution in [2.75, 3.05) is 25.1 Å². The van der Waals surface area contributed by atoms with Gasteiger partial charge in [-0.1, -0.05) is 22.0 Å². The van der Waals surface area contributed by atoms with Crippen LogP contribution in [0.2, 0.25) is 0 Å². The molecule has 1 aromatic rings. The second-order valence-electron chi connectivity index (χ2n) is 4.83. The molecule has 0 radical (unpaired) electrons. The topological polar surface area (TPSA) is 35.5 Å². The third-order valence-corrected chi connectivity index (χ3v) is 4.31. The monoisotopic (exact) mass is 312 g/mol. The Hall–Kier alpha value is -0.580. The Morgan fingerprint density at radius 2 is 2.28 bits per heavy atom. The van der Waals surface area contributed by atoms with Crippen LogP contribution in [0, 0.1) is 0 Å². The maximum atomic E-state index is 9.47. The summed E-state index contributed by atoms with van der Waals surface area (Å²) in [7, 11) is 1.95. The van der Waals surface area contributed by atoms with Crippen molar-refractivity contribution in [3.05, 3.63) is 28.2 Å². The summed E-state index contributed by atoms with van der Waals surface area (Å²) < 4.78 is 1.14. The van der Waals surface area contributed by atoms with Crippen LogP contribution in [0.4, 0.5) is 5.69 Å². The van der Waals surface area contributed by atoms with E-state index in [1.165, 1.54) is 24.1 Å². The second-order valence-corrected chi connectivity index (χ2v) is 5.69. The number of aliphatic hydroxyl groups is 1. The zero-order valence-corrected chi connectivity index (χ0v) is 12.4. The zero-order valence-electron chi connectivity index (χ0n) is 10.8. The number of hydrogen-bond acceptors (Lipinski definition) is 3. The molecule has 1 aliphatic rings. The minimum Gasteiger partial charge on any atom is -0.394 e. The summed E-state index contributed by atoms with van der Waals surface area (Å²) >= 11 is 3.63. The molecule has 4 heteroatoms. The molecule has 1 fully saturated rings. The third kappa shape index (κ3) is 3.05. The molecule has 1 aliphatic heterocycles. The fraction of sp³-hybridized carbons (Fsp3) is 0.571. The lowest BCUT2D eigenvalue weighted by Crippen LogP contribution is -2.41. The van der Waals surface area contributed by atoms with E-state index in [0.717, 1.165) is 24.0 Å². The Bertz CT molecular complexity index is 397. The van der Waals surface area contributed by atoms with Crippen molar-refractivity contribution in [3.8, 4) is 0 Å². The molecular weight excluding hydrogens is 292 g/mol. The van der Waals surface area contributed by atoms with Crippen molar-refractivity contribution >= 4 is 21.6 Å². The molecule has 1 aromatic carbocycles. The molecule has 0 aliphatic carbocycles. The molecule has 1 saturated heterocycles. The van der Waals surface area contributed by atoms with Gasteiger partial charge in [-0.2, -0.15) is 0 Å². The van der Waals surface area contributed by atoms with Crippen LogP contribution in [0.5, 0.6) is 0 Å². The summed E-state index contributed by atoms with van der Waals surface area (Å²) in [4.78, 5) is 2.33. The normalized spacial score (nSPS) is 20.2. The number of piperidine rings is 1. The predicted octanol–water partition coefficient (Wildman–Crippen LogP) is 2.52. The highest BCUT2D eigenvalue weighted by Crippen LogP contribution is 2.29. The molecule has 18 heavy (non-hydrogen) atoms. The Labute approximate surface area is 117 Å². The molecule has 2 rings (SSSR count). The first-order chi connectivity index (χ1) is 8.76. The number of aliphatic hydroxyl groups excluding tert-OH is 1. The van der Waals surface area contributed by atoms with Gasteiger partial charge in [0.25, 0.3) is 0 Å². The molecule has 0 saturated carbocycles. The van der Waals surface area contributed by atoms with Gasteiger partial charge < -0.3 is 15.3 Å². The van der Waals surface area contributed by atoms with Crippen LogP contribution >= 0.6 is 15.9 Å². The van der Waals surface area contributed by atoms with Crippen LogP contribution in [0.25, 0.3) is 0 Å². The Kier molecular flexibility index (Phi) is 5.03. The largest absolute Gasteiger partial charge is 0.394 e. The molecule has 2 N–H and O–H groups in total. The maximum Gasteiger partial charge on any atom is 0.0635 e. The molecule has 1 heterocycles. The zero-order chi connectivity index (χ0) is 13.0. The lowest BCUT2D eigenvalue weighted by molar-refractivity contribution is 0.240. The van der Waals surface area contributed by atoms with E-state index in [1.807, 2.05) is 7.05 Å². The van der Waals surface area contributed by atoms with Gasteiger partial charge in [-0.25, -0.2) is 0 Å². The van der Waals surface area contributed by atoms with Gasteiger partial charge in [0.2, 0.25) is 0 Å². The van der Waals surface area contributed by atoms with Crippen LogP contribution in [0.3, 0.4) is 0 Å². The van der Waals surface area contributed by atoms with Crippen LogP contribution < -0.4 is 10.2 Å². The first-order valence-electron chi connectivity index (χ1n) is 6.56. The Balaban J connectivity index is 2.19. The van der Waals surface area contributed by atoms with E-state index in [9.17, 15) is 5.11 Å². The predicted molar refractivity (Wildman–Crippen MR) is 79.0 cm³/mol. The quantitative estimate of drug-likeness (QED) is 0.897. The molecule has 3 nitrogen and oxygen atoms in total. The van der Waals surface area contributed by atoms with Crippen molar-refractivity contribution in [2.24, 2.45) is 0 Å². The summed E-state index contributed by atoms with van der Waals surface area (Å²) in [6, 6.07) is 6.76. The summed E-state index contributed by atoms with van der Waals surface area (Å²) in [5.41, 5.74) is 2.47. The maximum absolute atomic E-state index is 9.47. The van der Waals surface area contributed by atoms with Gasteiger partial charge in [0, 0.05) is 23.2 Å². The molecule has 0 aromatic heterocycles. The van der Waals surface area contributed by atoms with E-state index in [0.29, 0.717) is 0 Å². The minimum absolute atomic E-state index is 0.246. The Morgan fingerprint density at radius 1 is 1.44 bits per heavy atom. The SMILES string of the molecule is CNCc1ccc(N2CCCCC2CO)cc1Br. The van der Waals surface area contributed by atoms with Crippen LogP contribution in [0.15, 0.2) is 22.7 Å². The van der Waals surface area contributed by atoms with Gasteiger partial charge in [0.15, 0.2) is 0 Å². The fourth-order valence-electron chi connectivity index (χ4n) is 2.58. The van der Waals surface area contributed by atoms with Crippen LogP contribution in [0.1, 0.15) is 24.8 Å².